The molecule has 2 aromatic carbocycles. The number of rotatable bonds is 7. The van der Waals surface area contributed by atoms with Gasteiger partial charge in [-0.15, -0.1) is 6.58 Å². The Bertz CT molecular complexity index is 1170. The van der Waals surface area contributed by atoms with Crippen molar-refractivity contribution in [3.05, 3.63) is 114 Å². The van der Waals surface area contributed by atoms with Crippen LogP contribution in [0.25, 0.3) is 0 Å². The summed E-state index contributed by atoms with van der Waals surface area (Å²) in [5.41, 5.74) is 5.33. The number of aryl methyl sites for hydroxylation is 1. The van der Waals surface area contributed by atoms with E-state index in [1.807, 2.05) is 55.5 Å². The Labute approximate surface area is 178 Å². The van der Waals surface area contributed by atoms with Crippen LogP contribution in [-0.4, -0.2) is 13.0 Å². The summed E-state index contributed by atoms with van der Waals surface area (Å²) in [5, 5.41) is 0. The van der Waals surface area contributed by atoms with Crippen LogP contribution < -0.4 is 4.72 Å². The lowest BCUT2D eigenvalue weighted by Gasteiger charge is -2.22. The smallest absolute Gasteiger partial charge is 0.241 e. The molecule has 1 atom stereocenters. The summed E-state index contributed by atoms with van der Waals surface area (Å²) in [6.45, 7) is 6.49. The second-order valence-electron chi connectivity index (χ2n) is 7.60. The third-order valence-corrected chi connectivity index (χ3v) is 6.93. The maximum Gasteiger partial charge on any atom is 0.241 e. The van der Waals surface area contributed by atoms with Gasteiger partial charge >= 0.3 is 0 Å². The van der Waals surface area contributed by atoms with E-state index in [-0.39, 0.29) is 4.90 Å². The van der Waals surface area contributed by atoms with Crippen molar-refractivity contribution in [3.63, 3.8) is 0 Å². The maximum atomic E-state index is 13.3. The van der Waals surface area contributed by atoms with Crippen molar-refractivity contribution in [1.29, 1.82) is 0 Å². The summed E-state index contributed by atoms with van der Waals surface area (Å²) in [6.07, 6.45) is 7.89. The van der Waals surface area contributed by atoms with Gasteiger partial charge in [-0.2, -0.15) is 4.72 Å². The molecule has 0 saturated heterocycles. The first kappa shape index (κ1) is 20.4. The molecule has 1 aliphatic carbocycles. The molecule has 5 heteroatoms. The lowest BCUT2D eigenvalue weighted by atomic mass is 10.0. The second-order valence-corrected chi connectivity index (χ2v) is 9.31. The zero-order chi connectivity index (χ0) is 21.1. The van der Waals surface area contributed by atoms with Gasteiger partial charge in [0.15, 0.2) is 0 Å². The van der Waals surface area contributed by atoms with Gasteiger partial charge in [-0.1, -0.05) is 66.3 Å². The molecule has 4 rings (SSSR count). The van der Waals surface area contributed by atoms with E-state index < -0.39 is 16.1 Å². The number of allylic oxidation sites excluding steroid dienone is 3. The number of aromatic nitrogens is 1. The third kappa shape index (κ3) is 4.04. The molecule has 0 spiro atoms. The highest BCUT2D eigenvalue weighted by Crippen LogP contribution is 2.31. The first-order valence-electron chi connectivity index (χ1n) is 10.1. The predicted molar refractivity (Wildman–Crippen MR) is 121 cm³/mol. The number of sulfonamides is 1. The molecule has 1 aromatic heterocycles. The van der Waals surface area contributed by atoms with Gasteiger partial charge in [-0.05, 0) is 42.7 Å². The molecule has 0 amide bonds. The van der Waals surface area contributed by atoms with E-state index in [9.17, 15) is 8.42 Å². The van der Waals surface area contributed by atoms with Gasteiger partial charge in [0.25, 0.3) is 0 Å². The zero-order valence-electron chi connectivity index (χ0n) is 17.1. The van der Waals surface area contributed by atoms with Crippen LogP contribution in [0.2, 0.25) is 0 Å². The van der Waals surface area contributed by atoms with Crippen molar-refractivity contribution in [1.82, 2.24) is 9.29 Å². The molecule has 0 saturated carbocycles. The SMILES string of the molecule is C=CCn1c(C(NS(=O)(=O)c2ccc(C)cc2)c2ccccc2)cc2c1CC=CC2. The van der Waals surface area contributed by atoms with Crippen LogP contribution in [-0.2, 0) is 29.4 Å². The lowest BCUT2D eigenvalue weighted by Crippen LogP contribution is -2.31. The summed E-state index contributed by atoms with van der Waals surface area (Å²) in [7, 11) is -3.71. The Kier molecular flexibility index (Phi) is 5.75. The molecule has 0 fully saturated rings. The fourth-order valence-corrected chi connectivity index (χ4v) is 5.16. The van der Waals surface area contributed by atoms with Crippen molar-refractivity contribution < 1.29 is 8.42 Å². The van der Waals surface area contributed by atoms with Crippen LogP contribution in [0.3, 0.4) is 0 Å². The van der Waals surface area contributed by atoms with Gasteiger partial charge in [-0.25, -0.2) is 8.42 Å². The Morgan fingerprint density at radius 2 is 1.77 bits per heavy atom. The molecule has 4 nitrogen and oxygen atoms in total. The number of fused-ring (bicyclic) bond motifs is 1. The van der Waals surface area contributed by atoms with E-state index in [4.69, 9.17) is 0 Å². The molecule has 3 aromatic rings. The van der Waals surface area contributed by atoms with E-state index in [0.29, 0.717) is 6.54 Å². The van der Waals surface area contributed by atoms with E-state index in [1.165, 1.54) is 11.3 Å². The fraction of sp³-hybridized carbons (Fsp3) is 0.200. The molecule has 0 aliphatic heterocycles. The van der Waals surface area contributed by atoms with Crippen molar-refractivity contribution in [2.45, 2.75) is 37.2 Å². The molecule has 0 bridgehead atoms. The summed E-state index contributed by atoms with van der Waals surface area (Å²) < 4.78 is 31.7. The average Bonchev–Trinajstić information content (AvgIpc) is 3.12. The highest BCUT2D eigenvalue weighted by atomic mass is 32.2. The Balaban J connectivity index is 1.82. The number of hydrogen-bond acceptors (Lipinski definition) is 2. The number of nitrogens with one attached hydrogen (secondary N) is 1. The van der Waals surface area contributed by atoms with Crippen molar-refractivity contribution >= 4 is 10.0 Å². The minimum atomic E-state index is -3.71. The van der Waals surface area contributed by atoms with E-state index in [0.717, 1.165) is 29.7 Å². The molecule has 1 heterocycles. The van der Waals surface area contributed by atoms with E-state index in [1.54, 1.807) is 12.1 Å². The molecule has 1 unspecified atom stereocenters. The first-order valence-corrected chi connectivity index (χ1v) is 11.6. The maximum absolute atomic E-state index is 13.3. The van der Waals surface area contributed by atoms with Crippen LogP contribution in [0.4, 0.5) is 0 Å². The molecule has 30 heavy (non-hydrogen) atoms. The second kappa shape index (κ2) is 8.46. The summed E-state index contributed by atoms with van der Waals surface area (Å²) in [5.74, 6) is 0. The topological polar surface area (TPSA) is 51.1 Å². The Hall–Kier alpha value is -2.89. The van der Waals surface area contributed by atoms with Gasteiger partial charge < -0.3 is 4.57 Å². The highest BCUT2D eigenvalue weighted by molar-refractivity contribution is 7.89. The minimum absolute atomic E-state index is 0.266. The van der Waals surface area contributed by atoms with Gasteiger partial charge in [0, 0.05) is 24.4 Å². The van der Waals surface area contributed by atoms with Crippen molar-refractivity contribution in [2.75, 3.05) is 0 Å². The molecule has 154 valence electrons. The van der Waals surface area contributed by atoms with Gasteiger partial charge in [0.05, 0.1) is 10.9 Å². The minimum Gasteiger partial charge on any atom is -0.342 e. The highest BCUT2D eigenvalue weighted by Gasteiger charge is 2.27. The molecule has 0 radical (unpaired) electrons. The van der Waals surface area contributed by atoms with Crippen molar-refractivity contribution in [3.8, 4) is 0 Å². The summed E-state index contributed by atoms with van der Waals surface area (Å²) >= 11 is 0. The predicted octanol–water partition coefficient (Wildman–Crippen LogP) is 4.71. The fourth-order valence-electron chi connectivity index (χ4n) is 3.96. The normalized spacial score (nSPS) is 14.3. The molecule has 1 N–H and O–H groups in total. The van der Waals surface area contributed by atoms with Crippen LogP contribution in [0, 0.1) is 6.92 Å². The Morgan fingerprint density at radius 3 is 2.47 bits per heavy atom. The third-order valence-electron chi connectivity index (χ3n) is 5.49. The largest absolute Gasteiger partial charge is 0.342 e. The van der Waals surface area contributed by atoms with E-state index in [2.05, 4.69) is 34.1 Å². The Morgan fingerprint density at radius 1 is 1.07 bits per heavy atom. The van der Waals surface area contributed by atoms with Crippen molar-refractivity contribution in [2.24, 2.45) is 0 Å². The van der Waals surface area contributed by atoms with Crippen LogP contribution in [0.5, 0.6) is 0 Å². The van der Waals surface area contributed by atoms with Gasteiger partial charge in [0.2, 0.25) is 10.0 Å². The van der Waals surface area contributed by atoms with Gasteiger partial charge in [-0.3, -0.25) is 0 Å². The monoisotopic (exact) mass is 418 g/mol. The van der Waals surface area contributed by atoms with Crippen LogP contribution >= 0.6 is 0 Å². The first-order chi connectivity index (χ1) is 14.5. The van der Waals surface area contributed by atoms with E-state index >= 15 is 0 Å². The quantitative estimate of drug-likeness (QED) is 0.565. The zero-order valence-corrected chi connectivity index (χ0v) is 17.9. The number of benzene rings is 2. The summed E-state index contributed by atoms with van der Waals surface area (Å²) in [4.78, 5) is 0.266. The number of nitrogens with zero attached hydrogens (tertiary/aromatic N) is 1. The molecular weight excluding hydrogens is 392 g/mol. The lowest BCUT2D eigenvalue weighted by molar-refractivity contribution is 0.563. The standard InChI is InChI=1S/C25H26N2O2S/c1-3-17-27-23-12-8-7-11-21(23)18-24(27)25(20-9-5-4-6-10-20)26-30(28,29)22-15-13-19(2)14-16-22/h3-10,13-16,18,25-26H,1,11-12,17H2,2H3. The van der Waals surface area contributed by atoms with Gasteiger partial charge in [0.1, 0.15) is 0 Å². The summed E-state index contributed by atoms with van der Waals surface area (Å²) in [6, 6.07) is 18.3. The number of hydrogen-bond donors (Lipinski definition) is 1. The molecular formula is C25H26N2O2S. The molecule has 1 aliphatic rings. The van der Waals surface area contributed by atoms with Crippen LogP contribution in [0.15, 0.2) is 90.4 Å². The van der Waals surface area contributed by atoms with Crippen LogP contribution in [0.1, 0.15) is 34.1 Å². The average molecular weight is 419 g/mol.